The standard InChI is InChI=1S/C23H22F6N4O2/c1-4-13(2)30-21-32-18(14-6-5-7-16(10-14)35-23(27,28)29)12-20(33-21)31-15-8-9-19(34-3)17(11-15)22(24,25)26/h5-13H,4H2,1-3H3,(H2,30,31,32,33)/t13-/m0/s1. The van der Waals surface area contributed by atoms with Gasteiger partial charge in [-0.3, -0.25) is 0 Å². The molecule has 0 aliphatic carbocycles. The molecule has 12 heteroatoms. The summed E-state index contributed by atoms with van der Waals surface area (Å²) in [6.07, 6.45) is -8.80. The second kappa shape index (κ2) is 10.3. The fourth-order valence-corrected chi connectivity index (χ4v) is 3.05. The zero-order chi connectivity index (χ0) is 25.8. The summed E-state index contributed by atoms with van der Waals surface area (Å²) >= 11 is 0. The first-order valence-corrected chi connectivity index (χ1v) is 10.4. The highest BCUT2D eigenvalue weighted by Gasteiger charge is 2.34. The van der Waals surface area contributed by atoms with Crippen molar-refractivity contribution in [1.82, 2.24) is 9.97 Å². The van der Waals surface area contributed by atoms with E-state index in [4.69, 9.17) is 4.74 Å². The molecule has 6 nitrogen and oxygen atoms in total. The van der Waals surface area contributed by atoms with Gasteiger partial charge in [0, 0.05) is 23.4 Å². The molecule has 3 rings (SSSR count). The van der Waals surface area contributed by atoms with Crippen LogP contribution in [0.4, 0.5) is 43.8 Å². The highest BCUT2D eigenvalue weighted by molar-refractivity contribution is 5.69. The first kappa shape index (κ1) is 25.9. The van der Waals surface area contributed by atoms with E-state index in [0.29, 0.717) is 0 Å². The third-order valence-electron chi connectivity index (χ3n) is 4.85. The van der Waals surface area contributed by atoms with Crippen molar-refractivity contribution < 1.29 is 35.8 Å². The number of methoxy groups -OCH3 is 1. The van der Waals surface area contributed by atoms with Crippen molar-refractivity contribution in [2.45, 2.75) is 38.8 Å². The number of hydrogen-bond acceptors (Lipinski definition) is 6. The lowest BCUT2D eigenvalue weighted by Crippen LogP contribution is -2.17. The van der Waals surface area contributed by atoms with Crippen molar-refractivity contribution in [2.75, 3.05) is 17.7 Å². The monoisotopic (exact) mass is 500 g/mol. The van der Waals surface area contributed by atoms with Gasteiger partial charge in [0.15, 0.2) is 0 Å². The average molecular weight is 500 g/mol. The van der Waals surface area contributed by atoms with Crippen LogP contribution >= 0.6 is 0 Å². The molecular weight excluding hydrogens is 478 g/mol. The Balaban J connectivity index is 2.02. The second-order valence-corrected chi connectivity index (χ2v) is 7.53. The van der Waals surface area contributed by atoms with Crippen molar-refractivity contribution in [3.05, 3.63) is 54.1 Å². The minimum absolute atomic E-state index is 0.0455. The Bertz CT molecular complexity index is 1170. The molecule has 0 fully saturated rings. The predicted octanol–water partition coefficient (Wildman–Crippen LogP) is 7.02. The largest absolute Gasteiger partial charge is 0.573 e. The number of halogens is 6. The van der Waals surface area contributed by atoms with Crippen molar-refractivity contribution >= 4 is 17.5 Å². The molecule has 1 aromatic heterocycles. The van der Waals surface area contributed by atoms with E-state index in [-0.39, 0.29) is 40.5 Å². The van der Waals surface area contributed by atoms with Gasteiger partial charge in [-0.1, -0.05) is 19.1 Å². The third-order valence-corrected chi connectivity index (χ3v) is 4.85. The molecule has 2 aromatic carbocycles. The molecule has 2 N–H and O–H groups in total. The number of alkyl halides is 6. The smallest absolute Gasteiger partial charge is 0.496 e. The Morgan fingerprint density at radius 2 is 1.71 bits per heavy atom. The second-order valence-electron chi connectivity index (χ2n) is 7.53. The van der Waals surface area contributed by atoms with E-state index in [1.54, 1.807) is 0 Å². The predicted molar refractivity (Wildman–Crippen MR) is 119 cm³/mol. The van der Waals surface area contributed by atoms with Crippen LogP contribution < -0.4 is 20.1 Å². The van der Waals surface area contributed by atoms with Crippen LogP contribution in [0.2, 0.25) is 0 Å². The van der Waals surface area contributed by atoms with Crippen LogP contribution in [-0.2, 0) is 6.18 Å². The molecule has 0 amide bonds. The van der Waals surface area contributed by atoms with Gasteiger partial charge in [0.25, 0.3) is 0 Å². The Morgan fingerprint density at radius 3 is 2.34 bits per heavy atom. The number of anilines is 3. The summed E-state index contributed by atoms with van der Waals surface area (Å²) in [5.41, 5.74) is -0.388. The number of rotatable bonds is 8. The summed E-state index contributed by atoms with van der Waals surface area (Å²) < 4.78 is 86.9. The summed E-state index contributed by atoms with van der Waals surface area (Å²) in [6.45, 7) is 3.80. The van der Waals surface area contributed by atoms with Crippen LogP contribution in [0.3, 0.4) is 0 Å². The molecule has 35 heavy (non-hydrogen) atoms. The Morgan fingerprint density at radius 1 is 0.971 bits per heavy atom. The average Bonchev–Trinajstić information content (AvgIpc) is 2.77. The zero-order valence-corrected chi connectivity index (χ0v) is 18.9. The maximum absolute atomic E-state index is 13.4. The summed E-state index contributed by atoms with van der Waals surface area (Å²) in [5, 5.41) is 5.87. The van der Waals surface area contributed by atoms with Crippen LogP contribution in [-0.4, -0.2) is 29.5 Å². The summed E-state index contributed by atoms with van der Waals surface area (Å²) in [5.74, 6) is -0.510. The van der Waals surface area contributed by atoms with Crippen LogP contribution in [0.1, 0.15) is 25.8 Å². The number of nitrogens with one attached hydrogen (secondary N) is 2. The van der Waals surface area contributed by atoms with E-state index in [0.717, 1.165) is 31.7 Å². The maximum Gasteiger partial charge on any atom is 0.573 e. The van der Waals surface area contributed by atoms with Crippen molar-refractivity contribution in [1.29, 1.82) is 0 Å². The number of aromatic nitrogens is 2. The van der Waals surface area contributed by atoms with Gasteiger partial charge in [0.05, 0.1) is 18.4 Å². The van der Waals surface area contributed by atoms with Gasteiger partial charge >= 0.3 is 12.5 Å². The van der Waals surface area contributed by atoms with E-state index in [2.05, 4.69) is 25.3 Å². The third kappa shape index (κ3) is 7.14. The zero-order valence-electron chi connectivity index (χ0n) is 18.9. The highest BCUT2D eigenvalue weighted by atomic mass is 19.4. The van der Waals surface area contributed by atoms with Gasteiger partial charge in [-0.15, -0.1) is 13.2 Å². The van der Waals surface area contributed by atoms with Gasteiger partial charge in [-0.05, 0) is 43.7 Å². The maximum atomic E-state index is 13.4. The van der Waals surface area contributed by atoms with Crippen LogP contribution in [0.5, 0.6) is 11.5 Å². The van der Waals surface area contributed by atoms with E-state index < -0.39 is 23.9 Å². The van der Waals surface area contributed by atoms with Crippen molar-refractivity contribution in [3.8, 4) is 22.8 Å². The Kier molecular flexibility index (Phi) is 7.61. The molecular formula is C23H22F6N4O2. The van der Waals surface area contributed by atoms with Gasteiger partial charge in [0.2, 0.25) is 5.95 Å². The molecule has 3 aromatic rings. The molecule has 0 saturated carbocycles. The van der Waals surface area contributed by atoms with E-state index in [9.17, 15) is 26.3 Å². The summed E-state index contributed by atoms with van der Waals surface area (Å²) in [6, 6.07) is 9.98. The topological polar surface area (TPSA) is 68.3 Å². The molecule has 0 aliphatic rings. The normalized spacial score (nSPS) is 12.7. The SMILES string of the molecule is CC[C@H](C)Nc1nc(Nc2ccc(OC)c(C(F)(F)F)c2)cc(-c2cccc(OC(F)(F)F)c2)n1. The molecule has 1 heterocycles. The molecule has 0 spiro atoms. The van der Waals surface area contributed by atoms with Gasteiger partial charge in [-0.2, -0.15) is 18.2 Å². The van der Waals surface area contributed by atoms with Crippen molar-refractivity contribution in [3.63, 3.8) is 0 Å². The number of ether oxygens (including phenoxy) is 2. The van der Waals surface area contributed by atoms with Crippen LogP contribution in [0, 0.1) is 0 Å². The summed E-state index contributed by atoms with van der Waals surface area (Å²) in [7, 11) is 1.14. The number of benzene rings is 2. The van der Waals surface area contributed by atoms with Crippen LogP contribution in [0.15, 0.2) is 48.5 Å². The fraction of sp³-hybridized carbons (Fsp3) is 0.304. The lowest BCUT2D eigenvalue weighted by Gasteiger charge is -2.16. The van der Waals surface area contributed by atoms with Gasteiger partial charge in [0.1, 0.15) is 17.3 Å². The lowest BCUT2D eigenvalue weighted by molar-refractivity contribution is -0.274. The number of nitrogens with zero attached hydrogens (tertiary/aromatic N) is 2. The highest BCUT2D eigenvalue weighted by Crippen LogP contribution is 2.38. The first-order chi connectivity index (χ1) is 16.4. The lowest BCUT2D eigenvalue weighted by atomic mass is 10.1. The molecule has 0 bridgehead atoms. The Labute approximate surface area is 197 Å². The molecule has 1 atom stereocenters. The molecule has 0 saturated heterocycles. The molecule has 188 valence electrons. The molecule has 0 unspecified atom stereocenters. The molecule has 0 radical (unpaired) electrons. The van der Waals surface area contributed by atoms with Gasteiger partial charge < -0.3 is 20.1 Å². The Hall–Kier alpha value is -3.70. The quantitative estimate of drug-likeness (QED) is 0.324. The minimum atomic E-state index is -4.87. The van der Waals surface area contributed by atoms with Crippen LogP contribution in [0.25, 0.3) is 11.3 Å². The van der Waals surface area contributed by atoms with Gasteiger partial charge in [-0.25, -0.2) is 4.98 Å². The fourth-order valence-electron chi connectivity index (χ4n) is 3.05. The molecule has 0 aliphatic heterocycles. The first-order valence-electron chi connectivity index (χ1n) is 10.4. The van der Waals surface area contributed by atoms with E-state index in [1.807, 2.05) is 13.8 Å². The summed E-state index contributed by atoms with van der Waals surface area (Å²) in [4.78, 5) is 8.66. The van der Waals surface area contributed by atoms with E-state index in [1.165, 1.54) is 30.3 Å². The number of hydrogen-bond donors (Lipinski definition) is 2. The van der Waals surface area contributed by atoms with Crippen molar-refractivity contribution in [2.24, 2.45) is 0 Å². The minimum Gasteiger partial charge on any atom is -0.496 e. The van der Waals surface area contributed by atoms with E-state index >= 15 is 0 Å².